The van der Waals surface area contributed by atoms with Gasteiger partial charge in [0.2, 0.25) is 0 Å². The second-order valence-electron chi connectivity index (χ2n) is 3.44. The van der Waals surface area contributed by atoms with Gasteiger partial charge in [0.15, 0.2) is 0 Å². The highest BCUT2D eigenvalue weighted by molar-refractivity contribution is 8.00. The van der Waals surface area contributed by atoms with E-state index in [1.54, 1.807) is 11.3 Å². The van der Waals surface area contributed by atoms with Crippen LogP contribution in [0, 0.1) is 6.92 Å². The van der Waals surface area contributed by atoms with Gasteiger partial charge < -0.3 is 5.32 Å². The van der Waals surface area contributed by atoms with Crippen molar-refractivity contribution in [1.82, 2.24) is 10.3 Å². The van der Waals surface area contributed by atoms with Gasteiger partial charge in [-0.05, 0) is 33.7 Å². The summed E-state index contributed by atoms with van der Waals surface area (Å²) < 4.78 is 1.21. The van der Waals surface area contributed by atoms with Crippen molar-refractivity contribution in [2.45, 2.75) is 37.1 Å². The molecule has 1 aromatic rings. The van der Waals surface area contributed by atoms with Gasteiger partial charge in [0, 0.05) is 22.9 Å². The van der Waals surface area contributed by atoms with Crippen LogP contribution in [0.3, 0.4) is 0 Å². The second kappa shape index (κ2) is 6.43. The van der Waals surface area contributed by atoms with E-state index in [9.17, 15) is 0 Å². The Morgan fingerprint density at radius 3 is 3.00 bits per heavy atom. The molecule has 0 spiro atoms. The van der Waals surface area contributed by atoms with Gasteiger partial charge in [0.1, 0.15) is 4.34 Å². The maximum Gasteiger partial charge on any atom is 0.150 e. The molecule has 1 N–H and O–H groups in total. The average Bonchev–Trinajstić information content (AvgIpc) is 2.58. The molecule has 0 fully saturated rings. The number of hydrogen-bond acceptors (Lipinski definition) is 4. The molecule has 1 rings (SSSR count). The zero-order valence-corrected chi connectivity index (χ0v) is 10.7. The molecule has 1 heterocycles. The fraction of sp³-hybridized carbons (Fsp3) is 0.700. The third kappa shape index (κ3) is 4.44. The molecule has 0 aliphatic heterocycles. The summed E-state index contributed by atoms with van der Waals surface area (Å²) in [6.07, 6.45) is 2.50. The Kier molecular flexibility index (Phi) is 5.52. The Morgan fingerprint density at radius 2 is 2.43 bits per heavy atom. The molecule has 1 aromatic heterocycles. The molecule has 0 saturated heterocycles. The Hall–Kier alpha value is -0.0600. The van der Waals surface area contributed by atoms with E-state index in [4.69, 9.17) is 0 Å². The normalized spacial score (nSPS) is 13.1. The van der Waals surface area contributed by atoms with E-state index in [0.717, 1.165) is 5.69 Å². The predicted molar refractivity (Wildman–Crippen MR) is 65.3 cm³/mol. The lowest BCUT2D eigenvalue weighted by Crippen LogP contribution is -2.20. The Balaban J connectivity index is 2.10. The Labute approximate surface area is 94.5 Å². The SMILES string of the molecule is CNC(C)CCCSc1nc(C)cs1. The summed E-state index contributed by atoms with van der Waals surface area (Å²) in [6, 6.07) is 0.633. The van der Waals surface area contributed by atoms with Crippen LogP contribution in [-0.2, 0) is 0 Å². The number of thioether (sulfide) groups is 1. The van der Waals surface area contributed by atoms with Crippen molar-refractivity contribution >= 4 is 23.1 Å². The van der Waals surface area contributed by atoms with Crippen LogP contribution >= 0.6 is 23.1 Å². The molecular formula is C10H18N2S2. The van der Waals surface area contributed by atoms with E-state index in [0.29, 0.717) is 6.04 Å². The van der Waals surface area contributed by atoms with Gasteiger partial charge in [-0.2, -0.15) is 0 Å². The van der Waals surface area contributed by atoms with E-state index in [1.807, 2.05) is 25.7 Å². The van der Waals surface area contributed by atoms with Gasteiger partial charge >= 0.3 is 0 Å². The summed E-state index contributed by atoms with van der Waals surface area (Å²) in [5.41, 5.74) is 1.14. The Bertz CT molecular complexity index is 260. The topological polar surface area (TPSA) is 24.9 Å². The smallest absolute Gasteiger partial charge is 0.150 e. The van der Waals surface area contributed by atoms with Crippen LogP contribution in [-0.4, -0.2) is 23.8 Å². The fourth-order valence-corrected chi connectivity index (χ4v) is 2.97. The van der Waals surface area contributed by atoms with Gasteiger partial charge in [0.05, 0.1) is 0 Å². The molecule has 0 aliphatic rings. The summed E-state index contributed by atoms with van der Waals surface area (Å²) in [4.78, 5) is 4.41. The first kappa shape index (κ1) is 12.0. The molecule has 14 heavy (non-hydrogen) atoms. The molecule has 4 heteroatoms. The van der Waals surface area contributed by atoms with Crippen molar-refractivity contribution in [2.24, 2.45) is 0 Å². The van der Waals surface area contributed by atoms with E-state index in [1.165, 1.54) is 22.9 Å². The van der Waals surface area contributed by atoms with Gasteiger partial charge in [-0.3, -0.25) is 0 Å². The summed E-state index contributed by atoms with van der Waals surface area (Å²) in [6.45, 7) is 4.27. The molecule has 1 atom stereocenters. The van der Waals surface area contributed by atoms with Crippen molar-refractivity contribution in [1.29, 1.82) is 0 Å². The second-order valence-corrected chi connectivity index (χ2v) is 5.64. The van der Waals surface area contributed by atoms with Crippen molar-refractivity contribution in [3.05, 3.63) is 11.1 Å². The third-order valence-corrected chi connectivity index (χ3v) is 4.32. The maximum atomic E-state index is 4.41. The number of nitrogens with zero attached hydrogens (tertiary/aromatic N) is 1. The summed E-state index contributed by atoms with van der Waals surface area (Å²) >= 11 is 3.62. The van der Waals surface area contributed by atoms with Crippen LogP contribution in [0.1, 0.15) is 25.5 Å². The lowest BCUT2D eigenvalue weighted by atomic mass is 10.2. The van der Waals surface area contributed by atoms with Crippen molar-refractivity contribution < 1.29 is 0 Å². The molecule has 80 valence electrons. The standard InChI is InChI=1S/C10H18N2S2/c1-8(11-3)5-4-6-13-10-12-9(2)7-14-10/h7-8,11H,4-6H2,1-3H3. The molecule has 0 radical (unpaired) electrons. The van der Waals surface area contributed by atoms with Gasteiger partial charge in [0.25, 0.3) is 0 Å². The van der Waals surface area contributed by atoms with Crippen LogP contribution < -0.4 is 5.32 Å². The van der Waals surface area contributed by atoms with Crippen molar-refractivity contribution in [2.75, 3.05) is 12.8 Å². The maximum absolute atomic E-state index is 4.41. The molecule has 0 bridgehead atoms. The molecule has 1 unspecified atom stereocenters. The Morgan fingerprint density at radius 1 is 1.64 bits per heavy atom. The number of aromatic nitrogens is 1. The highest BCUT2D eigenvalue weighted by Crippen LogP contribution is 2.23. The molecule has 0 amide bonds. The molecule has 0 aliphatic carbocycles. The van der Waals surface area contributed by atoms with Crippen LogP contribution in [0.25, 0.3) is 0 Å². The van der Waals surface area contributed by atoms with E-state index in [2.05, 4.69) is 22.6 Å². The first-order valence-corrected chi connectivity index (χ1v) is 6.81. The molecule has 2 nitrogen and oxygen atoms in total. The number of nitrogens with one attached hydrogen (secondary N) is 1. The first-order valence-electron chi connectivity index (χ1n) is 4.94. The number of hydrogen-bond donors (Lipinski definition) is 1. The number of rotatable bonds is 6. The minimum Gasteiger partial charge on any atom is -0.317 e. The van der Waals surface area contributed by atoms with E-state index >= 15 is 0 Å². The monoisotopic (exact) mass is 230 g/mol. The lowest BCUT2D eigenvalue weighted by Gasteiger charge is -2.08. The van der Waals surface area contributed by atoms with Gasteiger partial charge in [-0.25, -0.2) is 4.98 Å². The quantitative estimate of drug-likeness (QED) is 0.601. The van der Waals surface area contributed by atoms with Crippen LogP contribution in [0.15, 0.2) is 9.72 Å². The zero-order chi connectivity index (χ0) is 10.4. The van der Waals surface area contributed by atoms with Crippen molar-refractivity contribution in [3.8, 4) is 0 Å². The minimum atomic E-state index is 0.633. The first-order chi connectivity index (χ1) is 6.72. The predicted octanol–water partition coefficient (Wildman–Crippen LogP) is 2.93. The van der Waals surface area contributed by atoms with Gasteiger partial charge in [-0.1, -0.05) is 11.8 Å². The number of aryl methyl sites for hydroxylation is 1. The van der Waals surface area contributed by atoms with Gasteiger partial charge in [-0.15, -0.1) is 11.3 Å². The summed E-state index contributed by atoms with van der Waals surface area (Å²) in [5, 5.41) is 5.36. The summed E-state index contributed by atoms with van der Waals surface area (Å²) in [7, 11) is 2.02. The van der Waals surface area contributed by atoms with Crippen LogP contribution in [0.4, 0.5) is 0 Å². The highest BCUT2D eigenvalue weighted by atomic mass is 32.2. The average molecular weight is 230 g/mol. The van der Waals surface area contributed by atoms with Crippen LogP contribution in [0.2, 0.25) is 0 Å². The van der Waals surface area contributed by atoms with Crippen LogP contribution in [0.5, 0.6) is 0 Å². The van der Waals surface area contributed by atoms with E-state index in [-0.39, 0.29) is 0 Å². The molecular weight excluding hydrogens is 212 g/mol. The largest absolute Gasteiger partial charge is 0.317 e. The number of thiazole rings is 1. The minimum absolute atomic E-state index is 0.633. The van der Waals surface area contributed by atoms with Crippen molar-refractivity contribution in [3.63, 3.8) is 0 Å². The molecule has 0 saturated carbocycles. The highest BCUT2D eigenvalue weighted by Gasteiger charge is 2.01. The summed E-state index contributed by atoms with van der Waals surface area (Å²) in [5.74, 6) is 1.18. The lowest BCUT2D eigenvalue weighted by molar-refractivity contribution is 0.559. The molecule has 0 aromatic carbocycles. The fourth-order valence-electron chi connectivity index (χ4n) is 1.09. The zero-order valence-electron chi connectivity index (χ0n) is 9.04. The van der Waals surface area contributed by atoms with E-state index < -0.39 is 0 Å². The third-order valence-electron chi connectivity index (χ3n) is 2.10.